The van der Waals surface area contributed by atoms with Gasteiger partial charge in [-0.05, 0) is 12.1 Å². The van der Waals surface area contributed by atoms with E-state index in [9.17, 15) is 9.59 Å². The van der Waals surface area contributed by atoms with Crippen molar-refractivity contribution in [1.29, 1.82) is 0 Å². The van der Waals surface area contributed by atoms with Crippen LogP contribution in [0.5, 0.6) is 0 Å². The zero-order valence-corrected chi connectivity index (χ0v) is 13.9. The number of carbonyl (C=O) groups is 2. The summed E-state index contributed by atoms with van der Waals surface area (Å²) in [6.07, 6.45) is 0. The van der Waals surface area contributed by atoms with Gasteiger partial charge in [0.1, 0.15) is 11.6 Å². The monoisotopic (exact) mass is 350 g/mol. The van der Waals surface area contributed by atoms with E-state index in [1.54, 1.807) is 24.3 Å². The van der Waals surface area contributed by atoms with Crippen LogP contribution >= 0.6 is 11.3 Å². The number of fused-ring (bicyclic) bond motifs is 1. The number of benzene rings is 2. The third-order valence-corrected chi connectivity index (χ3v) is 4.89. The number of hydrogen-bond acceptors (Lipinski definition) is 6. The molecule has 2 N–H and O–H groups in total. The zero-order valence-electron chi connectivity index (χ0n) is 13.1. The Morgan fingerprint density at radius 1 is 1.08 bits per heavy atom. The molecule has 4 rings (SSSR count). The number of anilines is 1. The average Bonchev–Trinajstić information content (AvgIpc) is 3.28. The molecule has 0 saturated carbocycles. The van der Waals surface area contributed by atoms with Crippen LogP contribution in [0, 0.1) is 5.92 Å². The lowest BCUT2D eigenvalue weighted by Gasteiger charge is -2.10. The molecule has 2 heterocycles. The van der Waals surface area contributed by atoms with Crippen molar-refractivity contribution in [3.8, 4) is 0 Å². The van der Waals surface area contributed by atoms with Crippen LogP contribution in [0.15, 0.2) is 59.7 Å². The SMILES string of the molecule is O=C(C1=NNCC1C(=O)Nc1nc2ccccc2s1)c1ccccc1. The molecule has 1 unspecified atom stereocenters. The van der Waals surface area contributed by atoms with Crippen LogP contribution in [0.25, 0.3) is 10.2 Å². The molecule has 1 atom stereocenters. The minimum atomic E-state index is -0.639. The second kappa shape index (κ2) is 6.45. The van der Waals surface area contributed by atoms with Crippen molar-refractivity contribution in [3.05, 3.63) is 60.2 Å². The van der Waals surface area contributed by atoms with Gasteiger partial charge >= 0.3 is 0 Å². The maximum Gasteiger partial charge on any atom is 0.237 e. The summed E-state index contributed by atoms with van der Waals surface area (Å²) in [5.74, 6) is -1.16. The molecule has 1 aliphatic heterocycles. The second-order valence-corrected chi connectivity index (χ2v) is 6.61. The van der Waals surface area contributed by atoms with Crippen molar-refractivity contribution in [2.45, 2.75) is 0 Å². The lowest BCUT2D eigenvalue weighted by atomic mass is 9.96. The number of Topliss-reactive ketones (excluding diaryl/α,β-unsaturated/α-hetero) is 1. The molecule has 25 heavy (non-hydrogen) atoms. The molecule has 1 aliphatic rings. The van der Waals surface area contributed by atoms with Crippen LogP contribution in [-0.4, -0.2) is 28.9 Å². The number of aromatic nitrogens is 1. The van der Waals surface area contributed by atoms with E-state index in [2.05, 4.69) is 20.8 Å². The minimum absolute atomic E-state index is 0.227. The molecule has 124 valence electrons. The fourth-order valence-corrected chi connectivity index (χ4v) is 3.55. The topological polar surface area (TPSA) is 83.5 Å². The largest absolute Gasteiger partial charge is 0.308 e. The van der Waals surface area contributed by atoms with E-state index in [1.807, 2.05) is 30.3 Å². The molecule has 7 heteroatoms. The van der Waals surface area contributed by atoms with E-state index in [0.29, 0.717) is 17.2 Å². The molecule has 3 aromatic rings. The third-order valence-electron chi connectivity index (χ3n) is 3.93. The Labute approximate surface area is 147 Å². The van der Waals surface area contributed by atoms with E-state index in [-0.39, 0.29) is 17.4 Å². The number of nitrogens with one attached hydrogen (secondary N) is 2. The number of rotatable bonds is 4. The summed E-state index contributed by atoms with van der Waals surface area (Å²) in [4.78, 5) is 29.6. The first-order valence-electron chi connectivity index (χ1n) is 7.79. The zero-order chi connectivity index (χ0) is 17.2. The Hall–Kier alpha value is -3.06. The number of ketones is 1. The first-order chi connectivity index (χ1) is 12.2. The Balaban J connectivity index is 1.53. The predicted octanol–water partition coefficient (Wildman–Crippen LogP) is 2.69. The van der Waals surface area contributed by atoms with Crippen LogP contribution in [0.3, 0.4) is 0 Å². The van der Waals surface area contributed by atoms with Gasteiger partial charge in [-0.3, -0.25) is 9.59 Å². The highest BCUT2D eigenvalue weighted by Gasteiger charge is 2.34. The molecule has 0 radical (unpaired) electrons. The van der Waals surface area contributed by atoms with Gasteiger partial charge in [-0.15, -0.1) is 0 Å². The lowest BCUT2D eigenvalue weighted by Crippen LogP contribution is -2.34. The van der Waals surface area contributed by atoms with Crippen molar-refractivity contribution < 1.29 is 9.59 Å². The van der Waals surface area contributed by atoms with Gasteiger partial charge in [-0.25, -0.2) is 4.98 Å². The number of hydrazone groups is 1. The van der Waals surface area contributed by atoms with Gasteiger partial charge in [0.05, 0.1) is 16.8 Å². The summed E-state index contributed by atoms with van der Waals surface area (Å²) >= 11 is 1.40. The highest BCUT2D eigenvalue weighted by Crippen LogP contribution is 2.26. The van der Waals surface area contributed by atoms with E-state index in [0.717, 1.165) is 10.2 Å². The van der Waals surface area contributed by atoms with Gasteiger partial charge in [0.15, 0.2) is 5.13 Å². The molecule has 2 aromatic carbocycles. The summed E-state index contributed by atoms with van der Waals surface area (Å²) in [6, 6.07) is 16.5. The fraction of sp³-hybridized carbons (Fsp3) is 0.111. The smallest absolute Gasteiger partial charge is 0.237 e. The summed E-state index contributed by atoms with van der Waals surface area (Å²) in [5.41, 5.74) is 4.33. The Morgan fingerprint density at radius 3 is 2.64 bits per heavy atom. The minimum Gasteiger partial charge on any atom is -0.308 e. The van der Waals surface area contributed by atoms with Crippen molar-refractivity contribution in [2.75, 3.05) is 11.9 Å². The molecular formula is C18H14N4O2S. The summed E-state index contributed by atoms with van der Waals surface area (Å²) in [5, 5.41) is 7.36. The number of thiazole rings is 1. The predicted molar refractivity (Wildman–Crippen MR) is 97.9 cm³/mol. The molecule has 6 nitrogen and oxygen atoms in total. The average molecular weight is 350 g/mol. The van der Waals surface area contributed by atoms with Gasteiger partial charge in [-0.1, -0.05) is 53.8 Å². The van der Waals surface area contributed by atoms with E-state index >= 15 is 0 Å². The molecular weight excluding hydrogens is 336 g/mol. The molecule has 0 spiro atoms. The third kappa shape index (κ3) is 3.01. The maximum absolute atomic E-state index is 12.6. The lowest BCUT2D eigenvalue weighted by molar-refractivity contribution is -0.117. The molecule has 0 saturated heterocycles. The summed E-state index contributed by atoms with van der Waals surface area (Å²) in [6.45, 7) is 0.296. The number of carbonyl (C=O) groups excluding carboxylic acids is 2. The van der Waals surface area contributed by atoms with Crippen molar-refractivity contribution in [1.82, 2.24) is 10.4 Å². The molecule has 1 amide bonds. The van der Waals surface area contributed by atoms with Crippen LogP contribution in [0.2, 0.25) is 0 Å². The Morgan fingerprint density at radius 2 is 1.84 bits per heavy atom. The standard InChI is InChI=1S/C18H14N4O2S/c23-16(11-6-2-1-3-7-11)15-12(10-19-22-15)17(24)21-18-20-13-8-4-5-9-14(13)25-18/h1-9,12,19H,10H2,(H,20,21,24). The van der Waals surface area contributed by atoms with Crippen LogP contribution < -0.4 is 10.7 Å². The van der Waals surface area contributed by atoms with Gasteiger partial charge in [0.25, 0.3) is 0 Å². The van der Waals surface area contributed by atoms with Crippen molar-refractivity contribution in [3.63, 3.8) is 0 Å². The summed E-state index contributed by atoms with van der Waals surface area (Å²) < 4.78 is 0.997. The van der Waals surface area contributed by atoms with Gasteiger partial charge in [0, 0.05) is 5.56 Å². The highest BCUT2D eigenvalue weighted by molar-refractivity contribution is 7.22. The first kappa shape index (κ1) is 15.5. The number of nitrogens with zero attached hydrogens (tertiary/aromatic N) is 2. The van der Waals surface area contributed by atoms with Gasteiger partial charge in [-0.2, -0.15) is 5.10 Å². The summed E-state index contributed by atoms with van der Waals surface area (Å²) in [7, 11) is 0. The van der Waals surface area contributed by atoms with E-state index in [1.165, 1.54) is 11.3 Å². The van der Waals surface area contributed by atoms with Crippen LogP contribution in [-0.2, 0) is 4.79 Å². The molecule has 1 aromatic heterocycles. The Bertz CT molecular complexity index is 948. The van der Waals surface area contributed by atoms with E-state index in [4.69, 9.17) is 0 Å². The fourth-order valence-electron chi connectivity index (χ4n) is 2.68. The van der Waals surface area contributed by atoms with Crippen LogP contribution in [0.4, 0.5) is 5.13 Å². The molecule has 0 bridgehead atoms. The van der Waals surface area contributed by atoms with Crippen molar-refractivity contribution in [2.24, 2.45) is 11.0 Å². The number of hydrogen-bond donors (Lipinski definition) is 2. The Kier molecular flexibility index (Phi) is 3.99. The van der Waals surface area contributed by atoms with Gasteiger partial charge in [0.2, 0.25) is 11.7 Å². The number of para-hydroxylation sites is 1. The van der Waals surface area contributed by atoms with Gasteiger partial charge < -0.3 is 10.7 Å². The number of amides is 1. The normalized spacial score (nSPS) is 16.3. The molecule has 0 aliphatic carbocycles. The van der Waals surface area contributed by atoms with E-state index < -0.39 is 5.92 Å². The maximum atomic E-state index is 12.6. The van der Waals surface area contributed by atoms with Crippen molar-refractivity contribution >= 4 is 44.1 Å². The molecule has 0 fully saturated rings. The highest BCUT2D eigenvalue weighted by atomic mass is 32.1. The van der Waals surface area contributed by atoms with Crippen LogP contribution in [0.1, 0.15) is 10.4 Å². The second-order valence-electron chi connectivity index (χ2n) is 5.58. The first-order valence-corrected chi connectivity index (χ1v) is 8.60. The quantitative estimate of drug-likeness (QED) is 0.709.